The first kappa shape index (κ1) is 18.4. The number of aliphatic hydroxyl groups excluding tert-OH is 1. The average Bonchev–Trinajstić information content (AvgIpc) is 2.25. The fourth-order valence-corrected chi connectivity index (χ4v) is 1.88. The van der Waals surface area contributed by atoms with Crippen LogP contribution in [0.2, 0.25) is 0 Å². The zero-order valence-electron chi connectivity index (χ0n) is 12.2. The van der Waals surface area contributed by atoms with E-state index in [1.165, 1.54) is 0 Å². The highest BCUT2D eigenvalue weighted by Gasteiger charge is 2.44. The smallest absolute Gasteiger partial charge is 0.320 e. The molecule has 0 saturated heterocycles. The molecule has 4 N–H and O–H groups in total. The van der Waals surface area contributed by atoms with Gasteiger partial charge in [0.05, 0.1) is 12.1 Å². The average molecular weight is 289 g/mol. The van der Waals surface area contributed by atoms with Gasteiger partial charge in [-0.25, -0.2) is 0 Å². The van der Waals surface area contributed by atoms with Gasteiger partial charge in [-0.15, -0.1) is 0 Å². The molecule has 2 atom stereocenters. The molecule has 0 bridgehead atoms. The highest BCUT2D eigenvalue weighted by Crippen LogP contribution is 2.29. The topological polar surface area (TPSA) is 124 Å². The molecule has 0 aliphatic heterocycles. The van der Waals surface area contributed by atoms with Crippen LogP contribution in [0.15, 0.2) is 0 Å². The second-order valence-corrected chi connectivity index (χ2v) is 6.37. The molecule has 7 nitrogen and oxygen atoms in total. The molecule has 116 valence electrons. The van der Waals surface area contributed by atoms with Crippen LogP contribution < -0.4 is 5.32 Å². The van der Waals surface area contributed by atoms with E-state index in [4.69, 9.17) is 10.2 Å². The van der Waals surface area contributed by atoms with Crippen molar-refractivity contribution in [3.05, 3.63) is 0 Å². The number of carbonyl (C=O) groups is 3. The third kappa shape index (κ3) is 5.16. The first-order chi connectivity index (χ1) is 8.94. The molecule has 0 radical (unpaired) electrons. The highest BCUT2D eigenvalue weighted by atomic mass is 16.4. The van der Waals surface area contributed by atoms with E-state index >= 15 is 0 Å². The molecular weight excluding hydrogens is 266 g/mol. The predicted octanol–water partition coefficient (Wildman–Crippen LogP) is 0.464. The van der Waals surface area contributed by atoms with Crippen molar-refractivity contribution in [2.75, 3.05) is 0 Å². The predicted molar refractivity (Wildman–Crippen MR) is 71.1 cm³/mol. The van der Waals surface area contributed by atoms with E-state index in [9.17, 15) is 19.5 Å². The molecule has 0 aliphatic carbocycles. The molecule has 0 heterocycles. The third-order valence-corrected chi connectivity index (χ3v) is 3.14. The summed E-state index contributed by atoms with van der Waals surface area (Å²) in [6.45, 7) is 6.72. The van der Waals surface area contributed by atoms with E-state index in [-0.39, 0.29) is 5.41 Å². The van der Waals surface area contributed by atoms with Crippen LogP contribution in [0.4, 0.5) is 0 Å². The molecule has 0 unspecified atom stereocenters. The summed E-state index contributed by atoms with van der Waals surface area (Å²) in [6, 6.07) is -0.703. The molecule has 1 amide bonds. The first-order valence-electron chi connectivity index (χ1n) is 6.28. The van der Waals surface area contributed by atoms with E-state index in [1.54, 1.807) is 0 Å². The van der Waals surface area contributed by atoms with Gasteiger partial charge in [0.2, 0.25) is 6.41 Å². The van der Waals surface area contributed by atoms with Crippen LogP contribution in [0.3, 0.4) is 0 Å². The minimum Gasteiger partial charge on any atom is -0.480 e. The highest BCUT2D eigenvalue weighted by molar-refractivity contribution is 5.97. The van der Waals surface area contributed by atoms with Crippen LogP contribution in [-0.2, 0) is 14.4 Å². The van der Waals surface area contributed by atoms with E-state index in [1.807, 2.05) is 20.8 Å². The Hall–Kier alpha value is -1.63. The van der Waals surface area contributed by atoms with E-state index in [0.717, 1.165) is 6.92 Å². The summed E-state index contributed by atoms with van der Waals surface area (Å²) in [7, 11) is 0. The summed E-state index contributed by atoms with van der Waals surface area (Å²) in [4.78, 5) is 32.7. The molecule has 20 heavy (non-hydrogen) atoms. The fraction of sp³-hybridized carbons (Fsp3) is 0.769. The van der Waals surface area contributed by atoms with Gasteiger partial charge in [0, 0.05) is 6.42 Å². The van der Waals surface area contributed by atoms with Crippen LogP contribution >= 0.6 is 0 Å². The van der Waals surface area contributed by atoms with Crippen molar-refractivity contribution in [2.24, 2.45) is 10.8 Å². The maximum Gasteiger partial charge on any atom is 0.320 e. The molecular formula is C13H23NO6. The lowest BCUT2D eigenvalue weighted by molar-refractivity contribution is -0.166. The molecule has 0 saturated carbocycles. The van der Waals surface area contributed by atoms with Crippen LogP contribution in [0.1, 0.15) is 40.5 Å². The van der Waals surface area contributed by atoms with Crippen molar-refractivity contribution in [2.45, 2.75) is 52.7 Å². The van der Waals surface area contributed by atoms with Gasteiger partial charge >= 0.3 is 11.9 Å². The molecule has 0 aromatic heterocycles. The van der Waals surface area contributed by atoms with Crippen LogP contribution in [0.5, 0.6) is 0 Å². The lowest BCUT2D eigenvalue weighted by Gasteiger charge is -2.32. The molecule has 0 aliphatic rings. The van der Waals surface area contributed by atoms with Crippen LogP contribution in [-0.4, -0.2) is 45.8 Å². The van der Waals surface area contributed by atoms with Crippen molar-refractivity contribution in [3.63, 3.8) is 0 Å². The maximum absolute atomic E-state index is 11.1. The number of nitrogens with one attached hydrogen (secondary N) is 1. The Morgan fingerprint density at radius 2 is 1.55 bits per heavy atom. The minimum atomic E-state index is -2.10. The SMILES string of the molecule is CC(C)(C)C[C@H](NC=O)[C@@H](O)CC(C)(C(=O)O)C(=O)O. The zero-order valence-corrected chi connectivity index (χ0v) is 12.2. The Morgan fingerprint density at radius 3 is 1.85 bits per heavy atom. The summed E-state index contributed by atoms with van der Waals surface area (Å²) in [6.07, 6.45) is -0.948. The van der Waals surface area contributed by atoms with Gasteiger partial charge in [0.25, 0.3) is 0 Å². The molecule has 7 heteroatoms. The first-order valence-corrected chi connectivity index (χ1v) is 6.28. The summed E-state index contributed by atoms with van der Waals surface area (Å²) >= 11 is 0. The Morgan fingerprint density at radius 1 is 1.10 bits per heavy atom. The standard InChI is InChI=1S/C13H23NO6/c1-12(2,3)5-8(14-7-15)9(16)6-13(4,10(17)18)11(19)20/h7-9,16H,5-6H2,1-4H3,(H,14,15)(H,17,18)(H,19,20)/t8-,9-/m0/s1. The number of hydrogen-bond acceptors (Lipinski definition) is 4. The number of carbonyl (C=O) groups excluding carboxylic acids is 1. The lowest BCUT2D eigenvalue weighted by Crippen LogP contribution is -2.47. The number of rotatable bonds is 8. The van der Waals surface area contributed by atoms with Crippen molar-refractivity contribution in [3.8, 4) is 0 Å². The summed E-state index contributed by atoms with van der Waals surface area (Å²) in [5.74, 6) is -3.05. The zero-order chi connectivity index (χ0) is 16.1. The van der Waals surface area contributed by atoms with Gasteiger partial charge in [-0.3, -0.25) is 14.4 Å². The summed E-state index contributed by atoms with van der Waals surface area (Å²) in [5.41, 5.74) is -2.31. The Bertz CT molecular complexity index is 360. The van der Waals surface area contributed by atoms with Gasteiger partial charge in [-0.1, -0.05) is 20.8 Å². The second kappa shape index (κ2) is 6.69. The van der Waals surface area contributed by atoms with Gasteiger partial charge < -0.3 is 20.6 Å². The monoisotopic (exact) mass is 289 g/mol. The van der Waals surface area contributed by atoms with Gasteiger partial charge in [-0.2, -0.15) is 0 Å². The largest absolute Gasteiger partial charge is 0.480 e. The summed E-state index contributed by atoms with van der Waals surface area (Å²) in [5, 5.41) is 30.5. The summed E-state index contributed by atoms with van der Waals surface area (Å²) < 4.78 is 0. The number of carboxylic acid groups (broad SMARTS) is 2. The van der Waals surface area contributed by atoms with Gasteiger partial charge in [0.1, 0.15) is 0 Å². The minimum absolute atomic E-state index is 0.218. The molecule has 0 aromatic rings. The van der Waals surface area contributed by atoms with Gasteiger partial charge in [-0.05, 0) is 18.8 Å². The van der Waals surface area contributed by atoms with Crippen LogP contribution in [0, 0.1) is 10.8 Å². The second-order valence-electron chi connectivity index (χ2n) is 6.37. The maximum atomic E-state index is 11.1. The number of amides is 1. The molecule has 0 aromatic carbocycles. The fourth-order valence-electron chi connectivity index (χ4n) is 1.88. The van der Waals surface area contributed by atoms with Crippen molar-refractivity contribution < 1.29 is 29.7 Å². The number of carboxylic acids is 2. The quantitative estimate of drug-likeness (QED) is 0.380. The lowest BCUT2D eigenvalue weighted by atomic mass is 9.79. The van der Waals surface area contributed by atoms with Crippen LogP contribution in [0.25, 0.3) is 0 Å². The Kier molecular flexibility index (Phi) is 6.15. The third-order valence-electron chi connectivity index (χ3n) is 3.14. The van der Waals surface area contributed by atoms with Gasteiger partial charge in [0.15, 0.2) is 5.41 Å². The molecule has 0 rings (SSSR count). The number of aliphatic hydroxyl groups is 1. The van der Waals surface area contributed by atoms with Crippen molar-refractivity contribution >= 4 is 18.3 Å². The molecule has 0 fully saturated rings. The number of aliphatic carboxylic acids is 2. The Labute approximate surface area is 118 Å². The van der Waals surface area contributed by atoms with Crippen molar-refractivity contribution in [1.29, 1.82) is 0 Å². The van der Waals surface area contributed by atoms with E-state index < -0.39 is 35.9 Å². The van der Waals surface area contributed by atoms with E-state index in [2.05, 4.69) is 5.32 Å². The normalized spacial score (nSPS) is 15.2. The number of hydrogen-bond donors (Lipinski definition) is 4. The Balaban J connectivity index is 5.07. The van der Waals surface area contributed by atoms with Crippen molar-refractivity contribution in [1.82, 2.24) is 5.32 Å². The molecule has 0 spiro atoms. The van der Waals surface area contributed by atoms with E-state index in [0.29, 0.717) is 12.8 Å².